The number of carbonyl (C=O) groups is 1. The van der Waals surface area contributed by atoms with Crippen LogP contribution in [0.1, 0.15) is 13.8 Å². The van der Waals surface area contributed by atoms with E-state index in [1.807, 2.05) is 0 Å². The van der Waals surface area contributed by atoms with Gasteiger partial charge in [0.2, 0.25) is 0 Å². The average molecular weight is 142 g/mol. The molecule has 1 atom stereocenters. The molecule has 3 heteroatoms. The van der Waals surface area contributed by atoms with Gasteiger partial charge in [-0.15, -0.1) is 0 Å². The van der Waals surface area contributed by atoms with Crippen molar-refractivity contribution in [2.75, 3.05) is 6.61 Å². The first-order chi connectivity index (χ1) is 4.60. The topological polar surface area (TPSA) is 46.5 Å². The molecule has 0 aromatic carbocycles. The van der Waals surface area contributed by atoms with Crippen molar-refractivity contribution in [3.63, 3.8) is 0 Å². The monoisotopic (exact) mass is 142 g/mol. The van der Waals surface area contributed by atoms with Crippen molar-refractivity contribution < 1.29 is 14.6 Å². The molecule has 0 aromatic heterocycles. The SMILES string of the molecule is CC1=C(O)C(C)(C=O)OC1. The minimum absolute atomic E-state index is 0.0579. The maximum absolute atomic E-state index is 10.4. The first-order valence-electron chi connectivity index (χ1n) is 3.09. The van der Waals surface area contributed by atoms with E-state index in [0.717, 1.165) is 5.57 Å². The van der Waals surface area contributed by atoms with Crippen molar-refractivity contribution in [3.05, 3.63) is 11.3 Å². The Kier molecular flexibility index (Phi) is 1.52. The Labute approximate surface area is 59.3 Å². The lowest BCUT2D eigenvalue weighted by atomic mass is 10.1. The predicted octanol–water partition coefficient (Wildman–Crippen LogP) is 0.806. The number of ether oxygens (including phenoxy) is 1. The summed E-state index contributed by atoms with van der Waals surface area (Å²) in [6, 6.07) is 0. The van der Waals surface area contributed by atoms with Gasteiger partial charge in [-0.2, -0.15) is 0 Å². The smallest absolute Gasteiger partial charge is 0.177 e. The minimum Gasteiger partial charge on any atom is -0.509 e. The molecule has 0 saturated heterocycles. The summed E-state index contributed by atoms with van der Waals surface area (Å²) < 4.78 is 5.02. The molecular weight excluding hydrogens is 132 g/mol. The van der Waals surface area contributed by atoms with Crippen LogP contribution in [0.4, 0.5) is 0 Å². The van der Waals surface area contributed by atoms with Crippen LogP contribution < -0.4 is 0 Å². The standard InChI is InChI=1S/C7H10O3/c1-5-3-10-7(2,4-8)6(5)9/h4,9H,3H2,1-2H3. The number of carbonyl (C=O) groups excluding carboxylic acids is 1. The normalized spacial score (nSPS) is 33.0. The zero-order chi connectivity index (χ0) is 7.78. The summed E-state index contributed by atoms with van der Waals surface area (Å²) in [6.45, 7) is 3.64. The molecule has 3 nitrogen and oxygen atoms in total. The molecular formula is C7H10O3. The van der Waals surface area contributed by atoms with E-state index in [1.165, 1.54) is 0 Å². The molecule has 0 bridgehead atoms. The van der Waals surface area contributed by atoms with Gasteiger partial charge >= 0.3 is 0 Å². The van der Waals surface area contributed by atoms with Gasteiger partial charge in [-0.25, -0.2) is 0 Å². The van der Waals surface area contributed by atoms with E-state index in [2.05, 4.69) is 0 Å². The summed E-state index contributed by atoms with van der Waals surface area (Å²) in [4.78, 5) is 10.4. The number of hydrogen-bond donors (Lipinski definition) is 1. The molecule has 1 aliphatic rings. The van der Waals surface area contributed by atoms with E-state index in [4.69, 9.17) is 4.74 Å². The molecule has 0 amide bonds. The van der Waals surface area contributed by atoms with Crippen LogP contribution in [0, 0.1) is 0 Å². The molecule has 1 rings (SSSR count). The lowest BCUT2D eigenvalue weighted by Gasteiger charge is -2.14. The van der Waals surface area contributed by atoms with Gasteiger partial charge in [-0.3, -0.25) is 4.79 Å². The second-order valence-corrected chi connectivity index (χ2v) is 2.64. The molecule has 1 heterocycles. The lowest BCUT2D eigenvalue weighted by Crippen LogP contribution is -2.28. The third-order valence-electron chi connectivity index (χ3n) is 1.69. The maximum atomic E-state index is 10.4. The molecule has 0 fully saturated rings. The molecule has 10 heavy (non-hydrogen) atoms. The van der Waals surface area contributed by atoms with Gasteiger partial charge in [0.15, 0.2) is 11.9 Å². The summed E-state index contributed by atoms with van der Waals surface area (Å²) in [5.41, 5.74) is -0.348. The Bertz CT molecular complexity index is 195. The minimum atomic E-state index is -1.08. The van der Waals surface area contributed by atoms with Crippen molar-refractivity contribution in [1.29, 1.82) is 0 Å². The average Bonchev–Trinajstić information content (AvgIpc) is 2.19. The van der Waals surface area contributed by atoms with Crippen molar-refractivity contribution in [2.45, 2.75) is 19.4 Å². The molecule has 1 unspecified atom stereocenters. The third kappa shape index (κ3) is 0.827. The number of aliphatic hydroxyl groups is 1. The van der Waals surface area contributed by atoms with Crippen LogP contribution in [0.15, 0.2) is 11.3 Å². The molecule has 0 aliphatic carbocycles. The predicted molar refractivity (Wildman–Crippen MR) is 35.7 cm³/mol. The summed E-state index contributed by atoms with van der Waals surface area (Å²) in [5.74, 6) is 0.0579. The van der Waals surface area contributed by atoms with Gasteiger partial charge in [-0.1, -0.05) is 0 Å². The van der Waals surface area contributed by atoms with Crippen LogP contribution in [0.5, 0.6) is 0 Å². The molecule has 1 aliphatic heterocycles. The van der Waals surface area contributed by atoms with Crippen LogP contribution in [0.2, 0.25) is 0 Å². The van der Waals surface area contributed by atoms with Crippen LogP contribution >= 0.6 is 0 Å². The van der Waals surface area contributed by atoms with Crippen LogP contribution in [0.3, 0.4) is 0 Å². The van der Waals surface area contributed by atoms with Gasteiger partial charge < -0.3 is 9.84 Å². The Balaban J connectivity index is 2.95. The van der Waals surface area contributed by atoms with Crippen molar-refractivity contribution in [1.82, 2.24) is 0 Å². The molecule has 0 aromatic rings. The highest BCUT2D eigenvalue weighted by atomic mass is 16.5. The Hall–Kier alpha value is -0.830. The molecule has 0 saturated carbocycles. The third-order valence-corrected chi connectivity index (χ3v) is 1.69. The summed E-state index contributed by atoms with van der Waals surface area (Å²) in [7, 11) is 0. The number of rotatable bonds is 1. The van der Waals surface area contributed by atoms with Gasteiger partial charge in [0.1, 0.15) is 5.76 Å². The number of hydrogen-bond acceptors (Lipinski definition) is 3. The first kappa shape index (κ1) is 7.28. The van der Waals surface area contributed by atoms with Crippen molar-refractivity contribution >= 4 is 6.29 Å². The zero-order valence-electron chi connectivity index (χ0n) is 6.05. The largest absolute Gasteiger partial charge is 0.509 e. The lowest BCUT2D eigenvalue weighted by molar-refractivity contribution is -0.124. The summed E-state index contributed by atoms with van der Waals surface area (Å²) >= 11 is 0. The molecule has 1 N–H and O–H groups in total. The fourth-order valence-corrected chi connectivity index (χ4v) is 0.908. The molecule has 0 spiro atoms. The van der Waals surface area contributed by atoms with Gasteiger partial charge in [0.25, 0.3) is 0 Å². The molecule has 56 valence electrons. The second-order valence-electron chi connectivity index (χ2n) is 2.64. The Morgan fingerprint density at radius 3 is 2.60 bits per heavy atom. The van der Waals surface area contributed by atoms with E-state index in [0.29, 0.717) is 12.9 Å². The van der Waals surface area contributed by atoms with Crippen molar-refractivity contribution in [3.8, 4) is 0 Å². The van der Waals surface area contributed by atoms with E-state index >= 15 is 0 Å². The highest BCUT2D eigenvalue weighted by molar-refractivity contribution is 5.68. The second kappa shape index (κ2) is 2.09. The number of aldehydes is 1. The highest BCUT2D eigenvalue weighted by Crippen LogP contribution is 2.26. The Morgan fingerprint density at radius 2 is 2.40 bits per heavy atom. The summed E-state index contributed by atoms with van der Waals surface area (Å²) in [6.07, 6.45) is 0.610. The van der Waals surface area contributed by atoms with E-state index in [-0.39, 0.29) is 5.76 Å². The van der Waals surface area contributed by atoms with E-state index < -0.39 is 5.60 Å². The van der Waals surface area contributed by atoms with E-state index in [1.54, 1.807) is 13.8 Å². The van der Waals surface area contributed by atoms with Gasteiger partial charge in [-0.05, 0) is 19.4 Å². The molecule has 0 radical (unpaired) electrons. The van der Waals surface area contributed by atoms with Gasteiger partial charge in [0.05, 0.1) is 6.61 Å². The first-order valence-corrected chi connectivity index (χ1v) is 3.09. The van der Waals surface area contributed by atoms with E-state index in [9.17, 15) is 9.90 Å². The van der Waals surface area contributed by atoms with Crippen LogP contribution in [-0.2, 0) is 9.53 Å². The quantitative estimate of drug-likeness (QED) is 0.551. The summed E-state index contributed by atoms with van der Waals surface area (Å²) in [5, 5.41) is 9.24. The van der Waals surface area contributed by atoms with Gasteiger partial charge in [0, 0.05) is 0 Å². The van der Waals surface area contributed by atoms with Crippen molar-refractivity contribution in [2.24, 2.45) is 0 Å². The highest BCUT2D eigenvalue weighted by Gasteiger charge is 2.36. The van der Waals surface area contributed by atoms with Crippen LogP contribution in [-0.4, -0.2) is 23.6 Å². The zero-order valence-corrected chi connectivity index (χ0v) is 6.05. The maximum Gasteiger partial charge on any atom is 0.177 e. The fourth-order valence-electron chi connectivity index (χ4n) is 0.908. The Morgan fingerprint density at radius 1 is 1.80 bits per heavy atom. The van der Waals surface area contributed by atoms with Crippen LogP contribution in [0.25, 0.3) is 0 Å². The fraction of sp³-hybridized carbons (Fsp3) is 0.571. The number of aliphatic hydroxyl groups excluding tert-OH is 1.